The lowest BCUT2D eigenvalue weighted by Crippen LogP contribution is -2.01. The van der Waals surface area contributed by atoms with E-state index in [1.54, 1.807) is 0 Å². The molecule has 0 bridgehead atoms. The van der Waals surface area contributed by atoms with Crippen LogP contribution in [0.2, 0.25) is 0 Å². The summed E-state index contributed by atoms with van der Waals surface area (Å²) in [5.74, 6) is 0.465. The molecule has 1 radical (unpaired) electrons. The second-order valence-electron chi connectivity index (χ2n) is 2.52. The van der Waals surface area contributed by atoms with Gasteiger partial charge >= 0.3 is 0 Å². The van der Waals surface area contributed by atoms with Crippen molar-refractivity contribution >= 4 is 0 Å². The summed E-state index contributed by atoms with van der Waals surface area (Å²) in [6, 6.07) is 0. The summed E-state index contributed by atoms with van der Waals surface area (Å²) in [5, 5.41) is 0. The highest BCUT2D eigenvalue weighted by Crippen LogP contribution is 2.09. The number of hydrogen-bond acceptors (Lipinski definition) is 0. The highest BCUT2D eigenvalue weighted by molar-refractivity contribution is 4.58. The van der Waals surface area contributed by atoms with E-state index < -0.39 is 6.17 Å². The molecule has 0 saturated carbocycles. The molecule has 0 aliphatic rings. The number of rotatable bonds is 3. The van der Waals surface area contributed by atoms with E-state index in [0.29, 0.717) is 18.8 Å². The van der Waals surface area contributed by atoms with Gasteiger partial charge in [0.2, 0.25) is 0 Å². The van der Waals surface area contributed by atoms with Crippen molar-refractivity contribution in [2.24, 2.45) is 5.92 Å². The van der Waals surface area contributed by atoms with Crippen molar-refractivity contribution < 1.29 is 4.39 Å². The molecule has 49 valence electrons. The molecule has 0 rings (SSSR count). The van der Waals surface area contributed by atoms with E-state index in [9.17, 15) is 4.39 Å². The first-order valence-corrected chi connectivity index (χ1v) is 3.10. The zero-order chi connectivity index (χ0) is 6.57. The van der Waals surface area contributed by atoms with Crippen molar-refractivity contribution in [3.8, 4) is 0 Å². The standard InChI is InChI=1S/C7H14F/c1-4-7(8)5-6(2)3/h6-7H,1,4-5H2,2-3H3. The minimum Gasteiger partial charge on any atom is -0.247 e. The molecule has 0 aromatic carbocycles. The summed E-state index contributed by atoms with van der Waals surface area (Å²) in [7, 11) is 0. The van der Waals surface area contributed by atoms with Gasteiger partial charge in [-0.05, 0) is 18.8 Å². The molecule has 0 aromatic heterocycles. The molecular weight excluding hydrogens is 103 g/mol. The van der Waals surface area contributed by atoms with Gasteiger partial charge in [-0.2, -0.15) is 0 Å². The fraction of sp³-hybridized carbons (Fsp3) is 0.857. The van der Waals surface area contributed by atoms with Crippen LogP contribution in [0.15, 0.2) is 0 Å². The Balaban J connectivity index is 3.10. The molecule has 1 heteroatoms. The first kappa shape index (κ1) is 7.93. The molecule has 0 aliphatic carbocycles. The Bertz CT molecular complexity index is 50.3. The fourth-order valence-electron chi connectivity index (χ4n) is 0.629. The zero-order valence-electron chi connectivity index (χ0n) is 5.65. The van der Waals surface area contributed by atoms with Crippen LogP contribution in [-0.2, 0) is 0 Å². The lowest BCUT2D eigenvalue weighted by molar-refractivity contribution is 0.284. The topological polar surface area (TPSA) is 0 Å². The van der Waals surface area contributed by atoms with Gasteiger partial charge in [-0.25, -0.2) is 4.39 Å². The number of halogens is 1. The second-order valence-corrected chi connectivity index (χ2v) is 2.52. The van der Waals surface area contributed by atoms with E-state index in [0.717, 1.165) is 0 Å². The molecule has 1 unspecified atom stereocenters. The quantitative estimate of drug-likeness (QED) is 0.533. The molecule has 0 saturated heterocycles. The molecule has 0 spiro atoms. The number of alkyl halides is 1. The van der Waals surface area contributed by atoms with E-state index in [1.165, 1.54) is 0 Å². The van der Waals surface area contributed by atoms with Crippen LogP contribution in [0, 0.1) is 12.8 Å². The number of hydrogen-bond donors (Lipinski definition) is 0. The minimum absolute atomic E-state index is 0.415. The molecule has 0 nitrogen and oxygen atoms in total. The van der Waals surface area contributed by atoms with Crippen molar-refractivity contribution in [2.45, 2.75) is 32.9 Å². The van der Waals surface area contributed by atoms with Gasteiger partial charge < -0.3 is 0 Å². The highest BCUT2D eigenvalue weighted by atomic mass is 19.1. The largest absolute Gasteiger partial charge is 0.247 e. The first-order valence-electron chi connectivity index (χ1n) is 3.10. The predicted octanol–water partition coefficient (Wildman–Crippen LogP) is 2.59. The van der Waals surface area contributed by atoms with Crippen LogP contribution >= 0.6 is 0 Å². The van der Waals surface area contributed by atoms with Crippen molar-refractivity contribution in [1.29, 1.82) is 0 Å². The van der Waals surface area contributed by atoms with Gasteiger partial charge in [-0.1, -0.05) is 20.8 Å². The van der Waals surface area contributed by atoms with Crippen molar-refractivity contribution in [3.63, 3.8) is 0 Å². The molecule has 0 heterocycles. The van der Waals surface area contributed by atoms with E-state index in [-0.39, 0.29) is 0 Å². The maximum absolute atomic E-state index is 12.3. The van der Waals surface area contributed by atoms with Gasteiger partial charge in [0.15, 0.2) is 0 Å². The summed E-state index contributed by atoms with van der Waals surface area (Å²) < 4.78 is 12.3. The Morgan fingerprint density at radius 2 is 2.00 bits per heavy atom. The Labute approximate surface area is 51.1 Å². The summed E-state index contributed by atoms with van der Waals surface area (Å²) in [6.07, 6.45) is 0.386. The highest BCUT2D eigenvalue weighted by Gasteiger charge is 2.04. The minimum atomic E-state index is -0.685. The molecule has 0 N–H and O–H groups in total. The van der Waals surface area contributed by atoms with E-state index in [4.69, 9.17) is 0 Å². The average molecular weight is 117 g/mol. The van der Waals surface area contributed by atoms with Gasteiger partial charge in [0.05, 0.1) is 0 Å². The third-order valence-corrected chi connectivity index (χ3v) is 1.04. The maximum Gasteiger partial charge on any atom is 0.100 e. The van der Waals surface area contributed by atoms with Gasteiger partial charge in [0.1, 0.15) is 6.17 Å². The van der Waals surface area contributed by atoms with Crippen molar-refractivity contribution in [2.75, 3.05) is 0 Å². The van der Waals surface area contributed by atoms with Crippen LogP contribution in [0.1, 0.15) is 26.7 Å². The van der Waals surface area contributed by atoms with Crippen molar-refractivity contribution in [3.05, 3.63) is 6.92 Å². The molecule has 0 fully saturated rings. The summed E-state index contributed by atoms with van der Waals surface area (Å²) in [5.41, 5.74) is 0. The fourth-order valence-corrected chi connectivity index (χ4v) is 0.629. The zero-order valence-corrected chi connectivity index (χ0v) is 5.65. The van der Waals surface area contributed by atoms with Crippen LogP contribution in [0.4, 0.5) is 4.39 Å². The normalized spacial score (nSPS) is 14.6. The Kier molecular flexibility index (Phi) is 3.84. The molecule has 8 heavy (non-hydrogen) atoms. The average Bonchev–Trinajstić information content (AvgIpc) is 1.65. The Morgan fingerprint density at radius 3 is 2.12 bits per heavy atom. The third kappa shape index (κ3) is 4.10. The lowest BCUT2D eigenvalue weighted by Gasteiger charge is -2.06. The van der Waals surface area contributed by atoms with Gasteiger partial charge in [0, 0.05) is 0 Å². The van der Waals surface area contributed by atoms with Crippen LogP contribution in [0.5, 0.6) is 0 Å². The smallest absolute Gasteiger partial charge is 0.100 e. The molecule has 0 amide bonds. The van der Waals surface area contributed by atoms with E-state index in [1.807, 2.05) is 13.8 Å². The van der Waals surface area contributed by atoms with Gasteiger partial charge in [-0.15, -0.1) is 0 Å². The molecular formula is C7H14F. The molecule has 0 aromatic rings. The molecule has 0 aliphatic heterocycles. The van der Waals surface area contributed by atoms with Gasteiger partial charge in [0.25, 0.3) is 0 Å². The van der Waals surface area contributed by atoms with Crippen LogP contribution in [0.3, 0.4) is 0 Å². The summed E-state index contributed by atoms with van der Waals surface area (Å²) in [6.45, 7) is 7.50. The maximum atomic E-state index is 12.3. The van der Waals surface area contributed by atoms with E-state index >= 15 is 0 Å². The van der Waals surface area contributed by atoms with Crippen LogP contribution in [-0.4, -0.2) is 6.17 Å². The lowest BCUT2D eigenvalue weighted by atomic mass is 10.1. The Hall–Kier alpha value is -0.0700. The molecule has 1 atom stereocenters. The SMILES string of the molecule is [CH2]CC(F)CC(C)C. The van der Waals surface area contributed by atoms with E-state index in [2.05, 4.69) is 6.92 Å². The summed E-state index contributed by atoms with van der Waals surface area (Å²) in [4.78, 5) is 0. The third-order valence-electron chi connectivity index (χ3n) is 1.04. The van der Waals surface area contributed by atoms with Crippen LogP contribution < -0.4 is 0 Å². The Morgan fingerprint density at radius 1 is 1.50 bits per heavy atom. The van der Waals surface area contributed by atoms with Crippen LogP contribution in [0.25, 0.3) is 0 Å². The van der Waals surface area contributed by atoms with Gasteiger partial charge in [-0.3, -0.25) is 0 Å². The summed E-state index contributed by atoms with van der Waals surface area (Å²) >= 11 is 0. The predicted molar refractivity (Wildman–Crippen MR) is 34.3 cm³/mol. The second kappa shape index (κ2) is 3.88. The first-order chi connectivity index (χ1) is 3.66. The monoisotopic (exact) mass is 117 g/mol. The van der Waals surface area contributed by atoms with Crippen molar-refractivity contribution in [1.82, 2.24) is 0 Å².